The molecule has 1 rings (SSSR count). The van der Waals surface area contributed by atoms with Gasteiger partial charge >= 0.3 is 0 Å². The van der Waals surface area contributed by atoms with Gasteiger partial charge in [0.2, 0.25) is 5.91 Å². The lowest BCUT2D eigenvalue weighted by molar-refractivity contribution is -0.127. The molecule has 0 radical (unpaired) electrons. The first-order chi connectivity index (χ1) is 7.95. The summed E-state index contributed by atoms with van der Waals surface area (Å²) in [6.07, 6.45) is 2.99. The van der Waals surface area contributed by atoms with Gasteiger partial charge in [0.1, 0.15) is 0 Å². The van der Waals surface area contributed by atoms with Gasteiger partial charge in [0.05, 0.1) is 0 Å². The third-order valence-corrected chi connectivity index (χ3v) is 3.65. The number of nitrogens with one attached hydrogen (secondary N) is 1. The summed E-state index contributed by atoms with van der Waals surface area (Å²) in [6.45, 7) is 12.9. The number of rotatable bonds is 6. The zero-order valence-corrected chi connectivity index (χ0v) is 11.9. The zero-order chi connectivity index (χ0) is 12.9. The van der Waals surface area contributed by atoms with Crippen molar-refractivity contribution in [2.75, 3.05) is 26.2 Å². The van der Waals surface area contributed by atoms with E-state index in [0.29, 0.717) is 11.8 Å². The molecule has 1 aliphatic heterocycles. The maximum absolute atomic E-state index is 11.9. The first kappa shape index (κ1) is 14.5. The van der Waals surface area contributed by atoms with Gasteiger partial charge in [0, 0.05) is 19.5 Å². The van der Waals surface area contributed by atoms with Crippen LogP contribution in [-0.4, -0.2) is 37.0 Å². The first-order valence-electron chi connectivity index (χ1n) is 6.93. The predicted molar refractivity (Wildman–Crippen MR) is 71.9 cm³/mol. The van der Waals surface area contributed by atoms with Crippen LogP contribution in [0.4, 0.5) is 0 Å². The molecule has 100 valence electrons. The summed E-state index contributed by atoms with van der Waals surface area (Å²) < 4.78 is 0. The van der Waals surface area contributed by atoms with Crippen molar-refractivity contribution in [1.29, 1.82) is 0 Å². The predicted octanol–water partition coefficient (Wildman–Crippen LogP) is 2.27. The van der Waals surface area contributed by atoms with E-state index in [9.17, 15) is 4.79 Å². The van der Waals surface area contributed by atoms with Gasteiger partial charge in [0.15, 0.2) is 0 Å². The highest BCUT2D eigenvalue weighted by molar-refractivity contribution is 5.78. The van der Waals surface area contributed by atoms with Crippen LogP contribution < -0.4 is 5.32 Å². The minimum absolute atomic E-state index is 0.255. The summed E-state index contributed by atoms with van der Waals surface area (Å²) in [4.78, 5) is 13.9. The monoisotopic (exact) mass is 240 g/mol. The van der Waals surface area contributed by atoms with E-state index in [4.69, 9.17) is 0 Å². The van der Waals surface area contributed by atoms with Crippen LogP contribution in [-0.2, 0) is 4.79 Å². The largest absolute Gasteiger partial charge is 0.342 e. The average molecular weight is 240 g/mol. The lowest BCUT2D eigenvalue weighted by Gasteiger charge is -2.26. The molecule has 0 bridgehead atoms. The fourth-order valence-corrected chi connectivity index (χ4v) is 2.27. The Morgan fingerprint density at radius 1 is 1.35 bits per heavy atom. The molecule has 0 saturated carbocycles. The molecule has 0 aromatic rings. The number of hydrogen-bond acceptors (Lipinski definition) is 2. The number of likely N-dealkylation sites (tertiary alicyclic amines) is 1. The molecule has 0 aromatic heterocycles. The third-order valence-electron chi connectivity index (χ3n) is 3.65. The van der Waals surface area contributed by atoms with E-state index < -0.39 is 0 Å². The molecule has 3 nitrogen and oxygen atoms in total. The highest BCUT2D eigenvalue weighted by Gasteiger charge is 2.36. The molecule has 17 heavy (non-hydrogen) atoms. The van der Waals surface area contributed by atoms with Gasteiger partial charge in [-0.15, -0.1) is 0 Å². The Balaban J connectivity index is 2.24. The van der Waals surface area contributed by atoms with E-state index in [-0.39, 0.29) is 5.41 Å². The molecule has 1 heterocycles. The van der Waals surface area contributed by atoms with Gasteiger partial charge in [-0.05, 0) is 37.3 Å². The van der Waals surface area contributed by atoms with Crippen molar-refractivity contribution in [3.63, 3.8) is 0 Å². The molecule has 1 fully saturated rings. The van der Waals surface area contributed by atoms with E-state index in [1.165, 1.54) is 6.42 Å². The maximum atomic E-state index is 11.9. The molecule has 1 aliphatic rings. The molecule has 1 unspecified atom stereocenters. The summed E-state index contributed by atoms with van der Waals surface area (Å²) in [5, 5.41) is 3.38. The summed E-state index contributed by atoms with van der Waals surface area (Å²) >= 11 is 0. The molecule has 3 heteroatoms. The van der Waals surface area contributed by atoms with E-state index in [2.05, 4.69) is 33.0 Å². The molecule has 1 atom stereocenters. The quantitative estimate of drug-likeness (QED) is 0.722. The molecule has 1 amide bonds. The first-order valence-corrected chi connectivity index (χ1v) is 6.93. The van der Waals surface area contributed by atoms with Crippen LogP contribution in [0.2, 0.25) is 0 Å². The Hall–Kier alpha value is -0.570. The van der Waals surface area contributed by atoms with Crippen LogP contribution in [0.25, 0.3) is 0 Å². The van der Waals surface area contributed by atoms with Crippen LogP contribution in [0.1, 0.15) is 47.0 Å². The highest BCUT2D eigenvalue weighted by Crippen LogP contribution is 2.34. The Bertz CT molecular complexity index is 245. The lowest BCUT2D eigenvalue weighted by atomic mass is 9.80. The van der Waals surface area contributed by atoms with Gasteiger partial charge in [-0.3, -0.25) is 4.79 Å². The van der Waals surface area contributed by atoms with Crippen LogP contribution in [0.3, 0.4) is 0 Å². The van der Waals surface area contributed by atoms with Crippen LogP contribution in [0.15, 0.2) is 0 Å². The highest BCUT2D eigenvalue weighted by atomic mass is 16.2. The van der Waals surface area contributed by atoms with Crippen molar-refractivity contribution in [3.8, 4) is 0 Å². The van der Waals surface area contributed by atoms with Gasteiger partial charge in [-0.25, -0.2) is 0 Å². The Morgan fingerprint density at radius 2 is 2.06 bits per heavy atom. The van der Waals surface area contributed by atoms with Crippen LogP contribution in [0, 0.1) is 11.3 Å². The van der Waals surface area contributed by atoms with Crippen molar-refractivity contribution in [3.05, 3.63) is 0 Å². The lowest BCUT2D eigenvalue weighted by Crippen LogP contribution is -2.30. The molecule has 1 saturated heterocycles. The minimum Gasteiger partial charge on any atom is -0.342 e. The number of nitrogens with zero attached hydrogens (tertiary/aromatic N) is 1. The van der Waals surface area contributed by atoms with Crippen molar-refractivity contribution < 1.29 is 4.79 Å². The molecular weight excluding hydrogens is 212 g/mol. The van der Waals surface area contributed by atoms with Gasteiger partial charge in [-0.1, -0.05) is 27.7 Å². The SMILES string of the molecule is CCCNCCCN1CC(C(C)(C)C)CC1=O. The molecule has 0 aliphatic carbocycles. The smallest absolute Gasteiger partial charge is 0.222 e. The Kier molecular flexibility index (Phi) is 5.44. The normalized spacial score (nSPS) is 21.3. The molecular formula is C14H28N2O. The van der Waals surface area contributed by atoms with Gasteiger partial charge < -0.3 is 10.2 Å². The minimum atomic E-state index is 0.255. The fraction of sp³-hybridized carbons (Fsp3) is 0.929. The Morgan fingerprint density at radius 3 is 2.59 bits per heavy atom. The summed E-state index contributed by atoms with van der Waals surface area (Å²) in [5.41, 5.74) is 0.255. The van der Waals surface area contributed by atoms with Crippen LogP contribution >= 0.6 is 0 Å². The maximum Gasteiger partial charge on any atom is 0.222 e. The summed E-state index contributed by atoms with van der Waals surface area (Å²) in [6, 6.07) is 0. The Labute approximate surface area is 106 Å². The van der Waals surface area contributed by atoms with Crippen molar-refractivity contribution in [1.82, 2.24) is 10.2 Å². The van der Waals surface area contributed by atoms with Gasteiger partial charge in [0.25, 0.3) is 0 Å². The van der Waals surface area contributed by atoms with E-state index >= 15 is 0 Å². The second-order valence-electron chi connectivity index (χ2n) is 6.21. The summed E-state index contributed by atoms with van der Waals surface area (Å²) in [5.74, 6) is 0.874. The fourth-order valence-electron chi connectivity index (χ4n) is 2.27. The number of amides is 1. The molecule has 0 aromatic carbocycles. The number of carbonyl (C=O) groups excluding carboxylic acids is 1. The standard InChI is InChI=1S/C14H28N2O/c1-5-7-15-8-6-9-16-11-12(10-13(16)17)14(2,3)4/h12,15H,5-11H2,1-4H3. The van der Waals surface area contributed by atoms with Gasteiger partial charge in [-0.2, -0.15) is 0 Å². The topological polar surface area (TPSA) is 32.3 Å². The van der Waals surface area contributed by atoms with Crippen molar-refractivity contribution in [2.24, 2.45) is 11.3 Å². The molecule has 1 N–H and O–H groups in total. The van der Waals surface area contributed by atoms with E-state index in [1.807, 2.05) is 4.90 Å². The number of hydrogen-bond donors (Lipinski definition) is 1. The zero-order valence-electron chi connectivity index (χ0n) is 11.9. The second kappa shape index (κ2) is 6.39. The second-order valence-corrected chi connectivity index (χ2v) is 6.21. The molecule has 0 spiro atoms. The van der Waals surface area contributed by atoms with Crippen molar-refractivity contribution in [2.45, 2.75) is 47.0 Å². The average Bonchev–Trinajstić information content (AvgIpc) is 2.60. The van der Waals surface area contributed by atoms with E-state index in [1.54, 1.807) is 0 Å². The summed E-state index contributed by atoms with van der Waals surface area (Å²) in [7, 11) is 0. The number of carbonyl (C=O) groups is 1. The van der Waals surface area contributed by atoms with E-state index in [0.717, 1.165) is 39.0 Å². The van der Waals surface area contributed by atoms with Crippen LogP contribution in [0.5, 0.6) is 0 Å². The van der Waals surface area contributed by atoms with Crippen molar-refractivity contribution >= 4 is 5.91 Å². The third kappa shape index (κ3) is 4.66.